The lowest BCUT2D eigenvalue weighted by Crippen LogP contribution is -2.43. The lowest BCUT2D eigenvalue weighted by Gasteiger charge is -2.30. The summed E-state index contributed by atoms with van der Waals surface area (Å²) in [6, 6.07) is 0.0392. The Morgan fingerprint density at radius 3 is 2.70 bits per heavy atom. The standard InChI is InChI=1S/C23H31N5O5/c1-13(2)11-27-21-17(7-8-18(29)26-9-10-33-14(3)12-26)15(4)25-28(21)23(32)19(22(27)31)20(30)24-16-5-6-16/h7-8,13-14,16,31H,5-6,9-12H2,1-4H3,(H,24,30)/b8-7+/t14-/m0/s1. The highest BCUT2D eigenvalue weighted by Gasteiger charge is 2.30. The number of nitrogens with zero attached hydrogens (tertiary/aromatic N) is 4. The third-order valence-corrected chi connectivity index (χ3v) is 5.86. The molecular weight excluding hydrogens is 426 g/mol. The lowest BCUT2D eigenvalue weighted by atomic mass is 10.1. The van der Waals surface area contributed by atoms with Gasteiger partial charge in [0.05, 0.1) is 18.4 Å². The minimum Gasteiger partial charge on any atom is -0.494 e. The van der Waals surface area contributed by atoms with E-state index in [1.54, 1.807) is 17.9 Å². The first-order chi connectivity index (χ1) is 15.7. The fraction of sp³-hybridized carbons (Fsp3) is 0.565. The predicted molar refractivity (Wildman–Crippen MR) is 122 cm³/mol. The van der Waals surface area contributed by atoms with Crippen LogP contribution in [0.2, 0.25) is 0 Å². The Morgan fingerprint density at radius 2 is 2.06 bits per heavy atom. The van der Waals surface area contributed by atoms with E-state index < -0.39 is 11.5 Å². The summed E-state index contributed by atoms with van der Waals surface area (Å²) in [6.07, 6.45) is 4.78. The number of morpholine rings is 1. The third-order valence-electron chi connectivity index (χ3n) is 5.86. The fourth-order valence-electron chi connectivity index (χ4n) is 4.06. The largest absolute Gasteiger partial charge is 0.494 e. The second-order valence-electron chi connectivity index (χ2n) is 9.29. The summed E-state index contributed by atoms with van der Waals surface area (Å²) in [4.78, 5) is 40.3. The van der Waals surface area contributed by atoms with E-state index in [1.165, 1.54) is 10.6 Å². The smallest absolute Gasteiger partial charge is 0.291 e. The fourth-order valence-corrected chi connectivity index (χ4v) is 4.06. The molecule has 33 heavy (non-hydrogen) atoms. The van der Waals surface area contributed by atoms with Crippen LogP contribution in [0.15, 0.2) is 10.9 Å². The number of aromatic nitrogens is 3. The van der Waals surface area contributed by atoms with Crippen LogP contribution in [0, 0.1) is 12.8 Å². The number of nitrogens with one attached hydrogen (secondary N) is 1. The average Bonchev–Trinajstić information content (AvgIpc) is 3.50. The Kier molecular flexibility index (Phi) is 6.29. The molecule has 178 valence electrons. The highest BCUT2D eigenvalue weighted by atomic mass is 16.5. The zero-order chi connectivity index (χ0) is 23.9. The van der Waals surface area contributed by atoms with E-state index in [1.807, 2.05) is 20.8 Å². The van der Waals surface area contributed by atoms with E-state index in [9.17, 15) is 19.5 Å². The van der Waals surface area contributed by atoms with Gasteiger partial charge in [-0.2, -0.15) is 9.61 Å². The highest BCUT2D eigenvalue weighted by molar-refractivity contribution is 5.97. The van der Waals surface area contributed by atoms with E-state index in [0.717, 1.165) is 17.4 Å². The summed E-state index contributed by atoms with van der Waals surface area (Å²) >= 11 is 0. The monoisotopic (exact) mass is 457 g/mol. The van der Waals surface area contributed by atoms with Gasteiger partial charge in [-0.15, -0.1) is 0 Å². The molecule has 0 bridgehead atoms. The van der Waals surface area contributed by atoms with Crippen molar-refractivity contribution in [1.82, 2.24) is 24.4 Å². The molecule has 2 fully saturated rings. The van der Waals surface area contributed by atoms with Gasteiger partial charge in [0.1, 0.15) is 5.65 Å². The minimum atomic E-state index is -0.684. The van der Waals surface area contributed by atoms with Gasteiger partial charge in [0, 0.05) is 37.3 Å². The van der Waals surface area contributed by atoms with Crippen LogP contribution in [0.1, 0.15) is 55.2 Å². The topological polar surface area (TPSA) is 118 Å². The second kappa shape index (κ2) is 9.01. The van der Waals surface area contributed by atoms with Crippen LogP contribution in [0.4, 0.5) is 0 Å². The summed E-state index contributed by atoms with van der Waals surface area (Å²) < 4.78 is 8.18. The van der Waals surface area contributed by atoms with Gasteiger partial charge in [0.2, 0.25) is 11.8 Å². The van der Waals surface area contributed by atoms with Gasteiger partial charge in [-0.05, 0) is 38.7 Å². The zero-order valence-corrected chi connectivity index (χ0v) is 19.5. The third kappa shape index (κ3) is 4.66. The number of carbonyl (C=O) groups excluding carboxylic acids is 2. The quantitative estimate of drug-likeness (QED) is 0.632. The van der Waals surface area contributed by atoms with E-state index in [2.05, 4.69) is 10.4 Å². The van der Waals surface area contributed by atoms with Gasteiger partial charge in [0.15, 0.2) is 5.56 Å². The minimum absolute atomic E-state index is 0.0248. The van der Waals surface area contributed by atoms with Crippen molar-refractivity contribution in [1.29, 1.82) is 0 Å². The van der Waals surface area contributed by atoms with Gasteiger partial charge >= 0.3 is 0 Å². The molecule has 1 aliphatic carbocycles. The molecule has 0 radical (unpaired) electrons. The van der Waals surface area contributed by atoms with Gasteiger partial charge in [-0.1, -0.05) is 13.8 Å². The molecule has 2 amide bonds. The molecule has 2 aromatic heterocycles. The van der Waals surface area contributed by atoms with Crippen LogP contribution < -0.4 is 10.9 Å². The van der Waals surface area contributed by atoms with Crippen LogP contribution in [-0.4, -0.2) is 67.8 Å². The normalized spacial score (nSPS) is 19.1. The summed E-state index contributed by atoms with van der Waals surface area (Å²) in [5.74, 6) is -1.03. The molecule has 10 heteroatoms. The lowest BCUT2D eigenvalue weighted by molar-refractivity contribution is -0.132. The number of aromatic hydroxyl groups is 1. The Labute approximate surface area is 191 Å². The molecule has 4 rings (SSSR count). The van der Waals surface area contributed by atoms with Crippen molar-refractivity contribution in [2.45, 2.75) is 59.2 Å². The second-order valence-corrected chi connectivity index (χ2v) is 9.29. The number of carbonyl (C=O) groups is 2. The molecule has 0 spiro atoms. The molecule has 0 unspecified atom stereocenters. The maximum Gasteiger partial charge on any atom is 0.291 e. The molecule has 2 aromatic rings. The first-order valence-corrected chi connectivity index (χ1v) is 11.4. The van der Waals surface area contributed by atoms with Crippen LogP contribution in [0.3, 0.4) is 0 Å². The van der Waals surface area contributed by atoms with E-state index in [-0.39, 0.29) is 35.4 Å². The summed E-state index contributed by atoms with van der Waals surface area (Å²) in [7, 11) is 0. The van der Waals surface area contributed by atoms with Gasteiger partial charge < -0.3 is 20.1 Å². The van der Waals surface area contributed by atoms with Crippen molar-refractivity contribution >= 4 is 23.5 Å². The summed E-state index contributed by atoms with van der Waals surface area (Å²) in [6.45, 7) is 9.47. The highest BCUT2D eigenvalue weighted by Crippen LogP contribution is 2.26. The average molecular weight is 458 g/mol. The van der Waals surface area contributed by atoms with Gasteiger partial charge in [-0.25, -0.2) is 0 Å². The molecule has 1 saturated carbocycles. The molecule has 1 atom stereocenters. The molecule has 2 N–H and O–H groups in total. The van der Waals surface area contributed by atoms with Crippen LogP contribution in [-0.2, 0) is 16.1 Å². The van der Waals surface area contributed by atoms with Crippen molar-refractivity contribution in [3.8, 4) is 5.88 Å². The molecule has 1 saturated heterocycles. The van der Waals surface area contributed by atoms with E-state index >= 15 is 0 Å². The van der Waals surface area contributed by atoms with Crippen molar-refractivity contribution in [2.24, 2.45) is 5.92 Å². The molecule has 3 heterocycles. The van der Waals surface area contributed by atoms with Crippen molar-refractivity contribution in [3.05, 3.63) is 33.3 Å². The molecule has 10 nitrogen and oxygen atoms in total. The molecule has 2 aliphatic rings. The maximum atomic E-state index is 13.2. The Balaban J connectivity index is 1.79. The molecule has 1 aliphatic heterocycles. The van der Waals surface area contributed by atoms with Crippen molar-refractivity contribution in [2.75, 3.05) is 19.7 Å². The number of hydrogen-bond acceptors (Lipinski definition) is 6. The predicted octanol–water partition coefficient (Wildman–Crippen LogP) is 1.32. The maximum absolute atomic E-state index is 13.2. The molecule has 0 aromatic carbocycles. The van der Waals surface area contributed by atoms with Crippen LogP contribution >= 0.6 is 0 Å². The zero-order valence-electron chi connectivity index (χ0n) is 19.5. The van der Waals surface area contributed by atoms with Crippen LogP contribution in [0.5, 0.6) is 5.88 Å². The van der Waals surface area contributed by atoms with Gasteiger partial charge in [0.25, 0.3) is 11.5 Å². The first kappa shape index (κ1) is 23.0. The number of rotatable bonds is 6. The summed E-state index contributed by atoms with van der Waals surface area (Å²) in [5, 5.41) is 18.1. The van der Waals surface area contributed by atoms with Gasteiger partial charge in [-0.3, -0.25) is 19.0 Å². The first-order valence-electron chi connectivity index (χ1n) is 11.4. The van der Waals surface area contributed by atoms with E-state index in [4.69, 9.17) is 4.74 Å². The Bertz CT molecular complexity index is 1170. The van der Waals surface area contributed by atoms with E-state index in [0.29, 0.717) is 43.1 Å². The number of aryl methyl sites for hydroxylation is 1. The summed E-state index contributed by atoms with van der Waals surface area (Å²) in [5.41, 5.74) is 0.421. The Morgan fingerprint density at radius 1 is 1.33 bits per heavy atom. The Hall–Kier alpha value is -3.14. The number of fused-ring (bicyclic) bond motifs is 1. The molecular formula is C23H31N5O5. The number of ether oxygens (including phenoxy) is 1. The number of amides is 2. The SMILES string of the molecule is Cc1nn2c(=O)c(C(=O)NC3CC3)c(O)n(CC(C)C)c2c1/C=C/C(=O)N1CCO[C@@H](C)C1. The number of hydrogen-bond donors (Lipinski definition) is 2. The van der Waals surface area contributed by atoms with Crippen molar-refractivity contribution in [3.63, 3.8) is 0 Å². The van der Waals surface area contributed by atoms with Crippen LogP contribution in [0.25, 0.3) is 11.7 Å². The van der Waals surface area contributed by atoms with Crippen molar-refractivity contribution < 1.29 is 19.4 Å².